The average Bonchev–Trinajstić information content (AvgIpc) is 2.95. The molecule has 0 aliphatic carbocycles. The van der Waals surface area contributed by atoms with E-state index in [9.17, 15) is 9.59 Å². The van der Waals surface area contributed by atoms with Gasteiger partial charge >= 0.3 is 0 Å². The highest BCUT2D eigenvalue weighted by Crippen LogP contribution is 2.22. The Balaban J connectivity index is 2.03. The van der Waals surface area contributed by atoms with Crippen molar-refractivity contribution in [2.24, 2.45) is 0 Å². The van der Waals surface area contributed by atoms with Crippen LogP contribution in [-0.4, -0.2) is 21.3 Å². The number of amides is 1. The number of aromatic nitrogens is 2. The number of hydrogen-bond donors (Lipinski definition) is 1. The first-order valence-electron chi connectivity index (χ1n) is 7.41. The van der Waals surface area contributed by atoms with E-state index in [1.165, 1.54) is 10.9 Å². The number of anilines is 1. The van der Waals surface area contributed by atoms with Gasteiger partial charge in [0.2, 0.25) is 5.71 Å². The normalized spacial score (nSPS) is 10.6. The van der Waals surface area contributed by atoms with E-state index >= 15 is 0 Å². The molecule has 0 unspecified atom stereocenters. The lowest BCUT2D eigenvalue weighted by Gasteiger charge is -2.05. The number of rotatable bonds is 4. The lowest BCUT2D eigenvalue weighted by molar-refractivity contribution is 0.102. The summed E-state index contributed by atoms with van der Waals surface area (Å²) in [7, 11) is 0. The van der Waals surface area contributed by atoms with Crippen molar-refractivity contribution in [2.75, 3.05) is 11.2 Å². The molecule has 0 saturated carbocycles. The maximum Gasteiger partial charge on any atom is 0.265 e. The standard InChI is InChI=1S/C17H13ClN4O3/c1-10-13(15(23)21-12-4-2-11(8-19)3-5-12)14-16(25-10)20-9-22(7-6-18)17(14)24/h2-5,9H,6-7H2,1H3,(H,21,23). The van der Waals surface area contributed by atoms with Crippen LogP contribution in [0.5, 0.6) is 0 Å². The summed E-state index contributed by atoms with van der Waals surface area (Å²) in [6.45, 7) is 1.88. The number of halogens is 1. The Bertz CT molecular complexity index is 1040. The van der Waals surface area contributed by atoms with Crippen LogP contribution in [0.2, 0.25) is 0 Å². The third kappa shape index (κ3) is 3.12. The molecule has 7 nitrogen and oxygen atoms in total. The maximum absolute atomic E-state index is 12.6. The molecule has 0 atom stereocenters. The van der Waals surface area contributed by atoms with Gasteiger partial charge in [0.25, 0.3) is 11.5 Å². The molecule has 0 bridgehead atoms. The molecule has 0 aliphatic rings. The highest BCUT2D eigenvalue weighted by atomic mass is 35.5. The van der Waals surface area contributed by atoms with Gasteiger partial charge in [-0.2, -0.15) is 5.26 Å². The van der Waals surface area contributed by atoms with E-state index < -0.39 is 5.91 Å². The number of aryl methyl sites for hydroxylation is 2. The van der Waals surface area contributed by atoms with E-state index in [-0.39, 0.29) is 34.6 Å². The van der Waals surface area contributed by atoms with Crippen molar-refractivity contribution in [3.05, 3.63) is 57.8 Å². The quantitative estimate of drug-likeness (QED) is 0.724. The summed E-state index contributed by atoms with van der Waals surface area (Å²) in [5, 5.41) is 11.6. The molecule has 0 spiro atoms. The first-order valence-corrected chi connectivity index (χ1v) is 7.94. The molecule has 3 aromatic rings. The number of nitrogens with one attached hydrogen (secondary N) is 1. The second-order valence-electron chi connectivity index (χ2n) is 5.29. The van der Waals surface area contributed by atoms with Gasteiger partial charge in [-0.15, -0.1) is 11.6 Å². The van der Waals surface area contributed by atoms with Gasteiger partial charge in [0, 0.05) is 18.1 Å². The minimum Gasteiger partial charge on any atom is -0.442 e. The van der Waals surface area contributed by atoms with Crippen molar-refractivity contribution in [1.82, 2.24) is 9.55 Å². The molecular weight excluding hydrogens is 344 g/mol. The fourth-order valence-electron chi connectivity index (χ4n) is 2.48. The highest BCUT2D eigenvalue weighted by molar-refractivity contribution is 6.17. The number of fused-ring (bicyclic) bond motifs is 1. The number of benzene rings is 1. The van der Waals surface area contributed by atoms with Gasteiger partial charge in [0.1, 0.15) is 17.5 Å². The molecule has 2 heterocycles. The summed E-state index contributed by atoms with van der Waals surface area (Å²) in [5.41, 5.74) is 0.852. The number of carbonyl (C=O) groups excluding carboxylic acids is 1. The van der Waals surface area contributed by atoms with Crippen molar-refractivity contribution in [3.63, 3.8) is 0 Å². The third-order valence-corrected chi connectivity index (χ3v) is 3.85. The summed E-state index contributed by atoms with van der Waals surface area (Å²) >= 11 is 5.69. The number of carbonyl (C=O) groups is 1. The Morgan fingerprint density at radius 2 is 2.12 bits per heavy atom. The summed E-state index contributed by atoms with van der Waals surface area (Å²) in [6, 6.07) is 8.40. The lowest BCUT2D eigenvalue weighted by atomic mass is 10.1. The largest absolute Gasteiger partial charge is 0.442 e. The Morgan fingerprint density at radius 1 is 1.40 bits per heavy atom. The molecular formula is C17H13ClN4O3. The molecule has 1 aromatic carbocycles. The number of alkyl halides is 1. The fourth-order valence-corrected chi connectivity index (χ4v) is 2.67. The lowest BCUT2D eigenvalue weighted by Crippen LogP contribution is -2.23. The topological polar surface area (TPSA) is 101 Å². The molecule has 1 N–H and O–H groups in total. The van der Waals surface area contributed by atoms with Crippen LogP contribution in [0.1, 0.15) is 21.7 Å². The van der Waals surface area contributed by atoms with Crippen molar-refractivity contribution in [2.45, 2.75) is 13.5 Å². The van der Waals surface area contributed by atoms with E-state index in [0.29, 0.717) is 17.0 Å². The number of nitriles is 1. The van der Waals surface area contributed by atoms with E-state index in [4.69, 9.17) is 21.3 Å². The molecule has 3 rings (SSSR count). The molecule has 2 aromatic heterocycles. The van der Waals surface area contributed by atoms with Crippen LogP contribution in [-0.2, 0) is 6.54 Å². The molecule has 0 radical (unpaired) electrons. The zero-order valence-corrected chi connectivity index (χ0v) is 14.0. The maximum atomic E-state index is 12.6. The van der Waals surface area contributed by atoms with Gasteiger partial charge in [-0.3, -0.25) is 14.2 Å². The zero-order valence-electron chi connectivity index (χ0n) is 13.2. The van der Waals surface area contributed by atoms with Gasteiger partial charge in [0.15, 0.2) is 0 Å². The van der Waals surface area contributed by atoms with Crippen molar-refractivity contribution < 1.29 is 9.21 Å². The molecule has 1 amide bonds. The molecule has 126 valence electrons. The van der Waals surface area contributed by atoms with E-state index in [1.54, 1.807) is 31.2 Å². The first kappa shape index (κ1) is 16.7. The Hall–Kier alpha value is -3.11. The fraction of sp³-hybridized carbons (Fsp3) is 0.176. The molecule has 8 heteroatoms. The van der Waals surface area contributed by atoms with Gasteiger partial charge in [-0.25, -0.2) is 4.98 Å². The zero-order chi connectivity index (χ0) is 18.0. The van der Waals surface area contributed by atoms with E-state index in [1.807, 2.05) is 6.07 Å². The molecule has 0 saturated heterocycles. The SMILES string of the molecule is Cc1oc2ncn(CCCl)c(=O)c2c1C(=O)Nc1ccc(C#N)cc1. The smallest absolute Gasteiger partial charge is 0.265 e. The van der Waals surface area contributed by atoms with Crippen molar-refractivity contribution in [3.8, 4) is 6.07 Å². The van der Waals surface area contributed by atoms with Crippen LogP contribution < -0.4 is 10.9 Å². The number of furan rings is 1. The van der Waals surface area contributed by atoms with Crippen LogP contribution in [0, 0.1) is 18.3 Å². The highest BCUT2D eigenvalue weighted by Gasteiger charge is 2.22. The van der Waals surface area contributed by atoms with Crippen LogP contribution in [0.15, 0.2) is 39.8 Å². The summed E-state index contributed by atoms with van der Waals surface area (Å²) < 4.78 is 6.78. The van der Waals surface area contributed by atoms with Crippen LogP contribution in [0.4, 0.5) is 5.69 Å². The van der Waals surface area contributed by atoms with Crippen LogP contribution in [0.25, 0.3) is 11.1 Å². The van der Waals surface area contributed by atoms with Crippen LogP contribution >= 0.6 is 11.6 Å². The Labute approximate surface area is 147 Å². The summed E-state index contributed by atoms with van der Waals surface area (Å²) in [6.07, 6.45) is 1.35. The molecule has 0 aliphatic heterocycles. The van der Waals surface area contributed by atoms with Crippen LogP contribution in [0.3, 0.4) is 0 Å². The average molecular weight is 357 g/mol. The van der Waals surface area contributed by atoms with Crippen molar-refractivity contribution in [1.29, 1.82) is 5.26 Å². The predicted molar refractivity (Wildman–Crippen MR) is 92.8 cm³/mol. The Kier molecular flexibility index (Phi) is 4.55. The molecule has 25 heavy (non-hydrogen) atoms. The minimum absolute atomic E-state index is 0.110. The van der Waals surface area contributed by atoms with E-state index in [0.717, 1.165) is 0 Å². The third-order valence-electron chi connectivity index (χ3n) is 3.68. The second-order valence-corrected chi connectivity index (χ2v) is 5.67. The predicted octanol–water partition coefficient (Wildman–Crippen LogP) is 2.66. The molecule has 0 fully saturated rings. The number of hydrogen-bond acceptors (Lipinski definition) is 5. The summed E-state index contributed by atoms with van der Waals surface area (Å²) in [4.78, 5) is 29.3. The van der Waals surface area contributed by atoms with E-state index in [2.05, 4.69) is 10.3 Å². The summed E-state index contributed by atoms with van der Waals surface area (Å²) in [5.74, 6) is 0.0642. The Morgan fingerprint density at radius 3 is 2.76 bits per heavy atom. The van der Waals surface area contributed by atoms with Gasteiger partial charge in [-0.1, -0.05) is 0 Å². The van der Waals surface area contributed by atoms with Gasteiger partial charge in [0.05, 0.1) is 17.2 Å². The van der Waals surface area contributed by atoms with Crippen molar-refractivity contribution >= 4 is 34.3 Å². The second kappa shape index (κ2) is 6.79. The minimum atomic E-state index is -0.483. The monoisotopic (exact) mass is 356 g/mol. The number of nitrogens with zero attached hydrogens (tertiary/aromatic N) is 3. The van der Waals surface area contributed by atoms with Gasteiger partial charge in [-0.05, 0) is 31.2 Å². The first-order chi connectivity index (χ1) is 12.0. The van der Waals surface area contributed by atoms with Gasteiger partial charge < -0.3 is 9.73 Å².